The van der Waals surface area contributed by atoms with Crippen molar-refractivity contribution in [3.8, 4) is 0 Å². The summed E-state index contributed by atoms with van der Waals surface area (Å²) >= 11 is 1.20. The first-order valence-electron chi connectivity index (χ1n) is 9.70. The first-order valence-corrected chi connectivity index (χ1v) is 12.0. The van der Waals surface area contributed by atoms with Crippen LogP contribution in [0.15, 0.2) is 42.5 Å². The van der Waals surface area contributed by atoms with Gasteiger partial charge in [0.05, 0.1) is 9.83 Å². The lowest BCUT2D eigenvalue weighted by atomic mass is 10.1. The minimum Gasteiger partial charge on any atom is -0.480 e. The molecule has 0 aromatic heterocycles. The molecule has 10 nitrogen and oxygen atoms in total. The maximum Gasteiger partial charge on any atom is 0.322 e. The number of nitrogens with one attached hydrogen (secondary N) is 2. The normalized spacial score (nSPS) is 21.5. The molecule has 1 aromatic rings. The van der Waals surface area contributed by atoms with E-state index in [0.717, 1.165) is 5.56 Å². The van der Waals surface area contributed by atoms with E-state index in [4.69, 9.17) is 15.9 Å². The lowest BCUT2D eigenvalue weighted by molar-refractivity contribution is -0.139. The third-order valence-corrected chi connectivity index (χ3v) is 8.08. The highest BCUT2D eigenvalue weighted by molar-refractivity contribution is 8.11. The third-order valence-electron chi connectivity index (χ3n) is 4.54. The number of benzene rings is 1. The van der Waals surface area contributed by atoms with Crippen LogP contribution >= 0.6 is 11.8 Å². The number of aliphatic carboxylic acids is 2. The van der Waals surface area contributed by atoms with Gasteiger partial charge in [-0.15, -0.1) is 11.8 Å². The van der Waals surface area contributed by atoms with E-state index in [-0.39, 0.29) is 23.8 Å². The zero-order valence-corrected chi connectivity index (χ0v) is 18.6. The van der Waals surface area contributed by atoms with E-state index in [9.17, 15) is 23.4 Å². The number of carbonyl (C=O) groups excluding carboxylic acids is 2. The van der Waals surface area contributed by atoms with Crippen LogP contribution in [0.4, 0.5) is 0 Å². The van der Waals surface area contributed by atoms with E-state index in [1.807, 2.05) is 36.4 Å². The van der Waals surface area contributed by atoms with Crippen molar-refractivity contribution in [2.45, 2.75) is 34.8 Å². The fourth-order valence-electron chi connectivity index (χ4n) is 2.84. The average Bonchev–Trinajstić information content (AvgIpc) is 3.13. The van der Waals surface area contributed by atoms with E-state index in [0.29, 0.717) is 0 Å². The molecule has 174 valence electrons. The Kier molecular flexibility index (Phi) is 9.88. The van der Waals surface area contributed by atoms with E-state index in [1.165, 1.54) is 11.8 Å². The molecule has 1 aliphatic rings. The SMILES string of the molecule is N[C@@H](CCC(=O)N[C@@H](CSC1C=CC(c2ccccc2)S1=O)C(=O)NCC(=O)O)C(=O)O. The Morgan fingerprint density at radius 3 is 2.44 bits per heavy atom. The predicted octanol–water partition coefficient (Wildman–Crippen LogP) is -0.0168. The van der Waals surface area contributed by atoms with Crippen molar-refractivity contribution >= 4 is 46.3 Å². The topological polar surface area (TPSA) is 176 Å². The molecule has 32 heavy (non-hydrogen) atoms. The number of carboxylic acid groups (broad SMARTS) is 2. The van der Waals surface area contributed by atoms with Crippen molar-refractivity contribution in [3.05, 3.63) is 48.0 Å². The zero-order chi connectivity index (χ0) is 23.7. The van der Waals surface area contributed by atoms with Gasteiger partial charge in [-0.05, 0) is 12.0 Å². The molecule has 1 aliphatic heterocycles. The summed E-state index contributed by atoms with van der Waals surface area (Å²) in [5, 5.41) is 22.0. The average molecular weight is 484 g/mol. The van der Waals surface area contributed by atoms with Gasteiger partial charge in [0.15, 0.2) is 0 Å². The Hall–Kier alpha value is -2.70. The monoisotopic (exact) mass is 483 g/mol. The predicted molar refractivity (Wildman–Crippen MR) is 120 cm³/mol. The largest absolute Gasteiger partial charge is 0.480 e. The second-order valence-electron chi connectivity index (χ2n) is 6.96. The molecule has 1 aromatic carbocycles. The molecule has 0 spiro atoms. The Labute approximate surface area is 191 Å². The molecule has 0 fully saturated rings. The summed E-state index contributed by atoms with van der Waals surface area (Å²) < 4.78 is 12.4. The molecule has 6 N–H and O–H groups in total. The molecule has 0 saturated heterocycles. The van der Waals surface area contributed by atoms with Crippen molar-refractivity contribution in [3.63, 3.8) is 0 Å². The number of carbonyl (C=O) groups is 4. The van der Waals surface area contributed by atoms with Crippen LogP contribution in [0.5, 0.6) is 0 Å². The van der Waals surface area contributed by atoms with Gasteiger partial charge in [-0.3, -0.25) is 23.4 Å². The van der Waals surface area contributed by atoms with Crippen LogP contribution in [0.2, 0.25) is 0 Å². The van der Waals surface area contributed by atoms with Crippen molar-refractivity contribution in [1.82, 2.24) is 10.6 Å². The van der Waals surface area contributed by atoms with Crippen LogP contribution in [-0.4, -0.2) is 67.1 Å². The minimum absolute atomic E-state index is 0.0461. The highest BCUT2D eigenvalue weighted by Crippen LogP contribution is 2.35. The standard InChI is InChI=1S/C20H25N3O7S2/c21-13(20(28)29)6-8-16(24)23-14(19(27)22-10-17(25)26)11-31-18-9-7-15(32(18)30)12-4-2-1-3-5-12/h1-5,7,9,13-15,18H,6,8,10-11,21H2,(H,22,27)(H,23,24)(H,25,26)(H,28,29)/t13-,14-,15?,18?,32?/m0/s1. The highest BCUT2D eigenvalue weighted by Gasteiger charge is 2.31. The van der Waals surface area contributed by atoms with Gasteiger partial charge in [0.25, 0.3) is 0 Å². The fraction of sp³-hybridized carbons (Fsp3) is 0.400. The summed E-state index contributed by atoms with van der Waals surface area (Å²) in [6.07, 6.45) is 3.30. The van der Waals surface area contributed by atoms with Crippen molar-refractivity contribution in [2.24, 2.45) is 5.73 Å². The molecule has 12 heteroatoms. The lowest BCUT2D eigenvalue weighted by Gasteiger charge is -2.20. The third kappa shape index (κ3) is 7.77. The van der Waals surface area contributed by atoms with Crippen LogP contribution in [0.25, 0.3) is 0 Å². The molecular weight excluding hydrogens is 458 g/mol. The number of hydrogen-bond acceptors (Lipinski definition) is 7. The Morgan fingerprint density at radius 1 is 1.12 bits per heavy atom. The van der Waals surface area contributed by atoms with Crippen LogP contribution in [0.1, 0.15) is 23.7 Å². The van der Waals surface area contributed by atoms with Gasteiger partial charge in [-0.25, -0.2) is 0 Å². The highest BCUT2D eigenvalue weighted by atomic mass is 32.2. The first-order chi connectivity index (χ1) is 15.2. The minimum atomic E-state index is -1.29. The van der Waals surface area contributed by atoms with Gasteiger partial charge >= 0.3 is 11.9 Å². The van der Waals surface area contributed by atoms with Crippen LogP contribution in [0, 0.1) is 0 Å². The Morgan fingerprint density at radius 2 is 1.81 bits per heavy atom. The van der Waals surface area contributed by atoms with Crippen LogP contribution in [0.3, 0.4) is 0 Å². The van der Waals surface area contributed by atoms with Crippen molar-refractivity contribution in [1.29, 1.82) is 0 Å². The number of rotatable bonds is 12. The molecule has 2 rings (SSSR count). The molecule has 3 unspecified atom stereocenters. The first kappa shape index (κ1) is 25.6. The van der Waals surface area contributed by atoms with E-state index in [1.54, 1.807) is 6.08 Å². The van der Waals surface area contributed by atoms with Gasteiger partial charge in [0.2, 0.25) is 11.8 Å². The van der Waals surface area contributed by atoms with Gasteiger partial charge in [-0.2, -0.15) is 0 Å². The Bertz CT molecular complexity index is 894. The van der Waals surface area contributed by atoms with Crippen LogP contribution in [-0.2, 0) is 30.0 Å². The fourth-order valence-corrected chi connectivity index (χ4v) is 5.99. The van der Waals surface area contributed by atoms with Gasteiger partial charge in [-0.1, -0.05) is 42.5 Å². The zero-order valence-electron chi connectivity index (χ0n) is 17.0. The smallest absolute Gasteiger partial charge is 0.322 e. The molecule has 5 atom stereocenters. The summed E-state index contributed by atoms with van der Waals surface area (Å²) in [5.41, 5.74) is 6.29. The molecule has 1 heterocycles. The summed E-state index contributed by atoms with van der Waals surface area (Å²) in [7, 11) is -1.29. The molecule has 0 aliphatic carbocycles. The number of amides is 2. The van der Waals surface area contributed by atoms with Crippen molar-refractivity contribution in [2.75, 3.05) is 12.3 Å². The quantitative estimate of drug-likeness (QED) is 0.256. The number of nitrogens with two attached hydrogens (primary N) is 1. The maximum absolute atomic E-state index is 12.9. The summed E-state index contributed by atoms with van der Waals surface area (Å²) in [6.45, 7) is -0.620. The molecular formula is C20H25N3O7S2. The second kappa shape index (κ2) is 12.4. The summed E-state index contributed by atoms with van der Waals surface area (Å²) in [4.78, 5) is 46.1. The molecule has 0 radical (unpaired) electrons. The van der Waals surface area contributed by atoms with Gasteiger partial charge in [0.1, 0.15) is 18.6 Å². The molecule has 2 amide bonds. The number of carboxylic acids is 2. The summed E-state index contributed by atoms with van der Waals surface area (Å²) in [6, 6.07) is 7.03. The van der Waals surface area contributed by atoms with E-state index in [2.05, 4.69) is 10.6 Å². The lowest BCUT2D eigenvalue weighted by Crippen LogP contribution is -2.49. The van der Waals surface area contributed by atoms with E-state index >= 15 is 0 Å². The van der Waals surface area contributed by atoms with Gasteiger partial charge in [0, 0.05) is 23.0 Å². The molecule has 0 saturated carbocycles. The molecule has 0 bridgehead atoms. The van der Waals surface area contributed by atoms with Crippen LogP contribution < -0.4 is 16.4 Å². The number of hydrogen-bond donors (Lipinski definition) is 5. The Balaban J connectivity index is 1.97. The van der Waals surface area contributed by atoms with Gasteiger partial charge < -0.3 is 26.6 Å². The second-order valence-corrected chi connectivity index (χ2v) is 10.1. The van der Waals surface area contributed by atoms with Crippen molar-refractivity contribution < 1.29 is 33.6 Å². The van der Waals surface area contributed by atoms with E-state index < -0.39 is 57.8 Å². The number of thioether (sulfide) groups is 1. The maximum atomic E-state index is 12.9. The summed E-state index contributed by atoms with van der Waals surface area (Å²) in [5.74, 6) is -3.74.